The summed E-state index contributed by atoms with van der Waals surface area (Å²) in [6.45, 7) is 5.53. The first-order valence-corrected chi connectivity index (χ1v) is 30.9. The van der Waals surface area contributed by atoms with E-state index in [0.29, 0.717) is 105 Å². The Morgan fingerprint density at radius 3 is 2.02 bits per heavy atom. The van der Waals surface area contributed by atoms with Crippen molar-refractivity contribution < 1.29 is 99.8 Å². The molecule has 9 amide bonds. The van der Waals surface area contributed by atoms with Gasteiger partial charge >= 0.3 is 18.1 Å². The number of benzene rings is 2. The molecule has 1 fully saturated rings. The third kappa shape index (κ3) is 33.1. The number of ether oxygens (including phenoxy) is 4. The van der Waals surface area contributed by atoms with Crippen molar-refractivity contribution in [2.45, 2.75) is 113 Å². The van der Waals surface area contributed by atoms with Crippen LogP contribution in [-0.2, 0) is 73.2 Å². The maximum absolute atomic E-state index is 13.6. The SMILES string of the molecule is CC(C)[C@@H]1NC(=O)C[C@@H](Cc2ccc(OCCCNC(=O)CCC(=O)NCCCOCCOCCOCCCNC(=O)c3ccc(N/N=C/c4ccccc4SOOO)nc3)cc2)NC(=O)[C@H](CC(=O)O)NC(=O)CNC(=O)[C@H](CCCN=C(N)NC(=O)C(F)(F)F)NC1=O. The van der Waals surface area contributed by atoms with E-state index in [2.05, 4.69) is 72.4 Å². The molecule has 4 atom stereocenters. The highest BCUT2D eigenvalue weighted by atomic mass is 32.2. The van der Waals surface area contributed by atoms with Gasteiger partial charge in [-0.05, 0) is 80.3 Å². The number of alkyl halides is 3. The van der Waals surface area contributed by atoms with Gasteiger partial charge in [0.25, 0.3) is 5.91 Å². The second-order valence-electron chi connectivity index (χ2n) is 21.2. The molecule has 2 aromatic carbocycles. The van der Waals surface area contributed by atoms with Crippen LogP contribution in [0, 0.1) is 5.92 Å². The van der Waals surface area contributed by atoms with Gasteiger partial charge in [-0.15, -0.1) is 4.33 Å². The molecule has 4 rings (SSSR count). The molecule has 3 aromatic rings. The summed E-state index contributed by atoms with van der Waals surface area (Å²) < 4.78 is 64.8. The van der Waals surface area contributed by atoms with Crippen molar-refractivity contribution >= 4 is 89.2 Å². The van der Waals surface area contributed by atoms with E-state index < -0.39 is 103 Å². The second kappa shape index (κ2) is 43.8. The molecule has 0 radical (unpaired) electrons. The number of hydrogen-bond donors (Lipinski definition) is 13. The maximum Gasteiger partial charge on any atom is 0.471 e. The monoisotopic (exact) mass is 1360 g/mol. The van der Waals surface area contributed by atoms with E-state index in [9.17, 15) is 66.2 Å². The highest BCUT2D eigenvalue weighted by Gasteiger charge is 2.39. The third-order valence-electron chi connectivity index (χ3n) is 13.2. The van der Waals surface area contributed by atoms with E-state index in [4.69, 9.17) is 29.9 Å². The minimum Gasteiger partial charge on any atom is -0.494 e. The van der Waals surface area contributed by atoms with Crippen molar-refractivity contribution in [1.82, 2.24) is 52.8 Å². The summed E-state index contributed by atoms with van der Waals surface area (Å²) in [4.78, 5) is 136. The Labute approximate surface area is 548 Å². The number of nitrogens with zero attached hydrogens (tertiary/aromatic N) is 3. The molecule has 522 valence electrons. The molecule has 1 aromatic heterocycles. The summed E-state index contributed by atoms with van der Waals surface area (Å²) in [5, 5.41) is 47.8. The second-order valence-corrected chi connectivity index (χ2v) is 21.9. The standard InChI is InChI=1S/C59H81F3N14O18S/c1-37(2)52-56(86)73-43(10-5-20-67-58(63)75-57(87)59(60,61)62)54(84)69-36-50(80)72-44(33-51(81)82)55(85)71-41(32-49(79)74-52)31-38-12-15-42(16-13-38)92-26-8-22-65-48(78)19-18-47(77)64-21-6-24-89-27-29-91-30-28-90-25-7-23-66-53(83)40-14-17-46(68-34-40)76-70-35-39-9-3-4-11-45(39)95-94-93-88/h3-4,9,11-17,34-35,37,41,43-44,52,88H,5-8,10,18-33,36H2,1-2H3,(H,64,77)(H,65,78)(H,66,83)(H,68,76)(H,69,84)(H,71,85)(H,72,80)(H,73,86)(H,74,79)(H,81,82)(H3,63,67,75,87)/b70-35+/t41-,43+,44+,52+/m1/s1. The summed E-state index contributed by atoms with van der Waals surface area (Å²) in [5.41, 5.74) is 9.81. The lowest BCUT2D eigenvalue weighted by Gasteiger charge is -2.27. The van der Waals surface area contributed by atoms with Crippen LogP contribution in [0.25, 0.3) is 0 Å². The smallest absolute Gasteiger partial charge is 0.471 e. The molecule has 36 heteroatoms. The van der Waals surface area contributed by atoms with Gasteiger partial charge in [0, 0.05) is 81.4 Å². The molecule has 0 saturated carbocycles. The molecule has 0 spiro atoms. The number of hydrogen-bond acceptors (Lipinski definition) is 22. The molecule has 0 unspecified atom stereocenters. The zero-order chi connectivity index (χ0) is 69.4. The zero-order valence-corrected chi connectivity index (χ0v) is 53.1. The van der Waals surface area contributed by atoms with Crippen LogP contribution in [0.3, 0.4) is 0 Å². The maximum atomic E-state index is 13.6. The zero-order valence-electron chi connectivity index (χ0n) is 52.3. The lowest BCUT2D eigenvalue weighted by atomic mass is 9.99. The Balaban J connectivity index is 1.07. The van der Waals surface area contributed by atoms with Crippen LogP contribution in [-0.4, -0.2) is 196 Å². The number of aromatic nitrogens is 1. The van der Waals surface area contributed by atoms with Gasteiger partial charge in [0.1, 0.15) is 29.7 Å². The largest absolute Gasteiger partial charge is 0.494 e. The number of carboxylic acids is 1. The number of halogens is 3. The van der Waals surface area contributed by atoms with Gasteiger partial charge in [-0.3, -0.25) is 63.7 Å². The van der Waals surface area contributed by atoms with Crippen LogP contribution in [0.15, 0.2) is 81.8 Å². The van der Waals surface area contributed by atoms with Crippen LogP contribution in [0.5, 0.6) is 5.75 Å². The summed E-state index contributed by atoms with van der Waals surface area (Å²) in [6.07, 6.45) is -2.42. The first-order chi connectivity index (χ1) is 45.5. The molecule has 2 heterocycles. The Morgan fingerprint density at radius 1 is 0.758 bits per heavy atom. The number of nitrogens with one attached hydrogen (secondary N) is 10. The Kier molecular flexibility index (Phi) is 36.1. The van der Waals surface area contributed by atoms with Crippen molar-refractivity contribution in [3.63, 3.8) is 0 Å². The number of anilines is 1. The molecule has 32 nitrogen and oxygen atoms in total. The van der Waals surface area contributed by atoms with Crippen LogP contribution in [0.1, 0.15) is 93.1 Å². The first-order valence-electron chi connectivity index (χ1n) is 30.1. The van der Waals surface area contributed by atoms with E-state index in [-0.39, 0.29) is 69.5 Å². The van der Waals surface area contributed by atoms with E-state index >= 15 is 0 Å². The number of nitrogens with two attached hydrogens (primary N) is 1. The number of aliphatic imine (C=N–C) groups is 1. The van der Waals surface area contributed by atoms with E-state index in [1.165, 1.54) is 17.7 Å². The number of carbonyl (C=O) groups is 10. The highest BCUT2D eigenvalue weighted by molar-refractivity contribution is 7.94. The highest BCUT2D eigenvalue weighted by Crippen LogP contribution is 2.23. The Morgan fingerprint density at radius 2 is 1.40 bits per heavy atom. The number of aliphatic carboxylic acids is 1. The number of rotatable bonds is 38. The fourth-order valence-electron chi connectivity index (χ4n) is 8.44. The van der Waals surface area contributed by atoms with Gasteiger partial charge in [-0.1, -0.05) is 49.2 Å². The lowest BCUT2D eigenvalue weighted by Crippen LogP contribution is -2.58. The van der Waals surface area contributed by atoms with Crippen LogP contribution in [0.4, 0.5) is 19.0 Å². The number of amides is 9. The van der Waals surface area contributed by atoms with Crippen LogP contribution in [0.2, 0.25) is 0 Å². The fraction of sp³-hybridized carbons (Fsp3) is 0.508. The predicted molar refractivity (Wildman–Crippen MR) is 334 cm³/mol. The summed E-state index contributed by atoms with van der Waals surface area (Å²) in [6, 6.07) is 11.6. The minimum absolute atomic E-state index is 0.00332. The normalized spacial score (nSPS) is 16.8. The quantitative estimate of drug-likeness (QED) is 0.00946. The molecular weight excluding hydrogens is 1280 g/mol. The van der Waals surface area contributed by atoms with E-state index in [1.807, 2.05) is 6.07 Å². The predicted octanol–water partition coefficient (Wildman–Crippen LogP) is 0.903. The van der Waals surface area contributed by atoms with Crippen molar-refractivity contribution in [2.75, 3.05) is 84.4 Å². The topological polar surface area (TPSA) is 450 Å². The molecular formula is C59H81F3N14O18S. The van der Waals surface area contributed by atoms with Gasteiger partial charge in [0.2, 0.25) is 41.4 Å². The molecule has 14 N–H and O–H groups in total. The molecule has 0 bridgehead atoms. The lowest BCUT2D eigenvalue weighted by molar-refractivity contribution is -0.432. The minimum atomic E-state index is -5.23. The first kappa shape index (κ1) is 78.4. The van der Waals surface area contributed by atoms with E-state index in [0.717, 1.165) is 12.0 Å². The van der Waals surface area contributed by atoms with Crippen molar-refractivity contribution in [3.05, 3.63) is 83.6 Å². The Bertz CT molecular complexity index is 3030. The number of pyridine rings is 1. The van der Waals surface area contributed by atoms with Gasteiger partial charge in [-0.25, -0.2) is 10.2 Å². The number of carbonyl (C=O) groups excluding carboxylic acids is 9. The van der Waals surface area contributed by atoms with Crippen molar-refractivity contribution in [1.29, 1.82) is 0 Å². The van der Waals surface area contributed by atoms with Crippen molar-refractivity contribution in [3.8, 4) is 5.75 Å². The van der Waals surface area contributed by atoms with Gasteiger partial charge in [0.05, 0.1) is 69.8 Å². The number of guanidine groups is 1. The molecule has 1 aliphatic heterocycles. The molecule has 1 saturated heterocycles. The summed E-state index contributed by atoms with van der Waals surface area (Å²) in [7, 11) is 0. The van der Waals surface area contributed by atoms with Gasteiger partial charge < -0.3 is 72.3 Å². The van der Waals surface area contributed by atoms with Gasteiger partial charge in [-0.2, -0.15) is 18.3 Å². The number of carboxylic acid groups (broad SMARTS) is 1. The number of hydrazone groups is 1. The molecule has 0 aliphatic carbocycles. The van der Waals surface area contributed by atoms with Gasteiger partial charge in [0.15, 0.2) is 5.96 Å². The molecule has 95 heavy (non-hydrogen) atoms. The van der Waals surface area contributed by atoms with Crippen LogP contribution >= 0.6 is 12.0 Å². The van der Waals surface area contributed by atoms with Crippen LogP contribution < -0.4 is 63.7 Å². The average molecular weight is 1360 g/mol. The van der Waals surface area contributed by atoms with E-state index in [1.54, 1.807) is 68.4 Å². The summed E-state index contributed by atoms with van der Waals surface area (Å²) >= 11 is 0.810. The molecule has 1 aliphatic rings. The van der Waals surface area contributed by atoms with Crippen molar-refractivity contribution in [2.24, 2.45) is 21.7 Å². The Hall–Kier alpha value is -9.07. The fourth-order valence-corrected chi connectivity index (χ4v) is 8.89. The average Bonchev–Trinajstić information content (AvgIpc) is 1.22. The summed E-state index contributed by atoms with van der Waals surface area (Å²) in [5.74, 6) is -9.73. The third-order valence-corrected chi connectivity index (χ3v) is 13.9.